The van der Waals surface area contributed by atoms with Crippen molar-refractivity contribution in [2.24, 2.45) is 23.7 Å². The third-order valence-corrected chi connectivity index (χ3v) is 30.0. The molecule has 12 atom stereocenters. The van der Waals surface area contributed by atoms with Gasteiger partial charge in [-0.3, -0.25) is 89.5 Å². The van der Waals surface area contributed by atoms with Gasteiger partial charge >= 0.3 is 5.97 Å². The number of esters is 1. The summed E-state index contributed by atoms with van der Waals surface area (Å²) >= 11 is 36.6. The highest BCUT2D eigenvalue weighted by molar-refractivity contribution is 7.87. The molecule has 149 heavy (non-hydrogen) atoms. The summed E-state index contributed by atoms with van der Waals surface area (Å²) in [5.41, 5.74) is -3.39. The van der Waals surface area contributed by atoms with Gasteiger partial charge < -0.3 is 88.9 Å². The van der Waals surface area contributed by atoms with E-state index < -0.39 is 224 Å². The van der Waals surface area contributed by atoms with E-state index in [2.05, 4.69) is 46.3 Å². The summed E-state index contributed by atoms with van der Waals surface area (Å²) in [4.78, 5) is 167. The van der Waals surface area contributed by atoms with Gasteiger partial charge in [0.05, 0.1) is 135 Å². The average Bonchev–Trinajstić information content (AvgIpc) is 0.834. The van der Waals surface area contributed by atoms with Gasteiger partial charge in [-0.05, 0) is 119 Å². The fourth-order valence-electron chi connectivity index (χ4n) is 17.2. The van der Waals surface area contributed by atoms with E-state index in [1.165, 1.54) is 42.5 Å². The Hall–Kier alpha value is -13.0. The molecule has 810 valence electrons. The number of carbonyl (C=O) groups excluding carboxylic acids is 9. The molecule has 6 fully saturated rings. The van der Waals surface area contributed by atoms with Crippen LogP contribution in [0.1, 0.15) is 218 Å². The van der Waals surface area contributed by atoms with Crippen LogP contribution in [0.4, 0.5) is 34.1 Å². The minimum Gasteiger partial charge on any atom is -0.748 e. The molecule has 0 heterocycles. The Labute approximate surface area is 881 Å². The molecule has 6 aromatic carbocycles. The molecule has 0 radical (unpaired) electrons. The maximum absolute atomic E-state index is 12.4. The van der Waals surface area contributed by atoms with Crippen LogP contribution in [0, 0.1) is 84.4 Å². The molecule has 0 saturated heterocycles. The maximum Gasteiger partial charge on any atom is 0.306 e. The summed E-state index contributed by atoms with van der Waals surface area (Å²) in [6.07, 6.45) is 17.6. The first-order valence-electron chi connectivity index (χ1n) is 45.7. The number of nitro benzene ring substituents is 6. The Balaban J connectivity index is 0.000000242. The topological polar surface area (TPSA) is 750 Å². The molecular weight excluding hydrogens is 2160 g/mol. The molecule has 5 amide bonds. The molecule has 6 aromatic rings. The van der Waals surface area contributed by atoms with Crippen molar-refractivity contribution in [3.05, 3.63) is 253 Å². The zero-order valence-corrected chi connectivity index (χ0v) is 85.7. The zero-order chi connectivity index (χ0) is 111. The van der Waals surface area contributed by atoms with Crippen molar-refractivity contribution in [1.82, 2.24) is 26.6 Å². The lowest BCUT2D eigenvalue weighted by Crippen LogP contribution is -2.49. The van der Waals surface area contributed by atoms with Gasteiger partial charge in [-0.2, -0.15) is 0 Å². The van der Waals surface area contributed by atoms with Crippen LogP contribution in [0.15, 0.2) is 129 Å². The number of hydrogen-bond donors (Lipinski definition) is 5. The Morgan fingerprint density at radius 3 is 0.772 bits per heavy atom. The van der Waals surface area contributed by atoms with E-state index in [1.807, 2.05) is 0 Å². The van der Waals surface area contributed by atoms with Gasteiger partial charge in [-0.25, -0.2) is 25.3 Å². The number of aliphatic carboxylic acids is 3. The number of rotatable bonds is 35. The second kappa shape index (κ2) is 57.7. The summed E-state index contributed by atoms with van der Waals surface area (Å²) in [7, 11) is -13.6. The maximum atomic E-state index is 12.4. The molecule has 48 nitrogen and oxygen atoms in total. The highest BCUT2D eigenvalue weighted by Gasteiger charge is 2.39. The van der Waals surface area contributed by atoms with Crippen LogP contribution < -0.4 is 56.1 Å². The largest absolute Gasteiger partial charge is 0.748 e. The molecule has 6 aliphatic rings. The second-order valence-corrected chi connectivity index (χ2v) is 41.8. The van der Waals surface area contributed by atoms with E-state index >= 15 is 0 Å². The van der Waals surface area contributed by atoms with Crippen molar-refractivity contribution in [2.45, 2.75) is 213 Å². The van der Waals surface area contributed by atoms with Crippen molar-refractivity contribution in [2.75, 3.05) is 19.8 Å². The Bertz CT molecular complexity index is 6110. The van der Waals surface area contributed by atoms with Gasteiger partial charge in [0.25, 0.3) is 63.7 Å². The number of carboxylic acids is 3. The van der Waals surface area contributed by atoms with Gasteiger partial charge in [0.2, 0.25) is 0 Å². The quantitative estimate of drug-likeness (QED) is 0.00811. The van der Waals surface area contributed by atoms with Crippen molar-refractivity contribution >= 4 is 187 Å². The van der Waals surface area contributed by atoms with Crippen LogP contribution in [-0.2, 0) is 60.9 Å². The standard InChI is InChI=1S/2C17H19Cl2NO4.C16H19Cl2NO5S.C15H18N2O9S.C14H15N3O7.C13H15N3O8S/c2*1-2-7-24-15-12(18)8-10(9-13(15)19)16(21)20-14-6-4-3-5-11(14)17(22)23;1-2-7-24-15-11(17)8-10(9-12(15)18)16(20)19-13-5-3-4-6-14(13)25(21,22)23;18-15(7-11-3-1-2-4-14(11)27(23,24)25)26-9-10-5-12(16(19)20)8-13(6-10)17(21)22;18-13(15-12-4-2-1-3-11(12)14(19)20)8-5-9(16(21)22)7-10(6-8)17(23)24;17-13(14-11-3-1-2-4-12(11)25(22,23)24)8-5-9(15(18)19)7-10(6-8)16(20)21/h2*2,8-9,11,14H,1,3-7H2,(H,20,21)(H,22,23);2,8-9,13-14H,1,3-7H2,(H,19,20)(H,21,22,23);5-6,8,11,14H,1-4,7,9H2,(H,23,24,25);5-7,11-12H,1-4H2,(H,15,18)(H,19,20);5-7,11-12H,1-4H2,(H,14,17)(H,22,23,24)/p-6/t11-,14+;11-,14-;13-,14-;11-,14+;2*11-,12-/m000100/s1. The number of carboxylic acid groups (broad SMARTS) is 3. The number of ether oxygens (including phenoxy) is 4. The summed E-state index contributed by atoms with van der Waals surface area (Å²) in [5, 5.41) is 109. The van der Waals surface area contributed by atoms with Crippen molar-refractivity contribution in [3.63, 3.8) is 0 Å². The first kappa shape index (κ1) is 123. The van der Waals surface area contributed by atoms with Crippen LogP contribution in [0.25, 0.3) is 0 Å². The van der Waals surface area contributed by atoms with E-state index in [9.17, 15) is 158 Å². The molecule has 0 bridgehead atoms. The van der Waals surface area contributed by atoms with Crippen molar-refractivity contribution in [3.8, 4) is 17.2 Å². The molecular formula is C92H99Cl6N11O37S3-6. The predicted molar refractivity (Wildman–Crippen MR) is 527 cm³/mol. The Kier molecular flexibility index (Phi) is 47.6. The Morgan fingerprint density at radius 2 is 0.530 bits per heavy atom. The Morgan fingerprint density at radius 1 is 0.315 bits per heavy atom. The number of halogens is 6. The molecule has 0 unspecified atom stereocenters. The number of nitrogens with zero attached hydrogens (tertiary/aromatic N) is 6. The zero-order valence-electron chi connectivity index (χ0n) is 78.7. The summed E-state index contributed by atoms with van der Waals surface area (Å²) < 4.78 is 123. The average molecular weight is 2260 g/mol. The van der Waals surface area contributed by atoms with Crippen LogP contribution in [0.5, 0.6) is 17.2 Å². The van der Waals surface area contributed by atoms with Gasteiger partial charge in [0, 0.05) is 131 Å². The first-order chi connectivity index (χ1) is 70.1. The van der Waals surface area contributed by atoms with Crippen LogP contribution >= 0.6 is 69.6 Å². The SMILES string of the molecule is C=CCOc1c(Cl)cc(C(=O)N[C@@H]2CCCC[C@@H]2C(=O)[O-])cc1Cl.C=CCOc1c(Cl)cc(C(=O)N[C@H]2CCCC[C@@H]2C(=O)[O-])cc1Cl.C=CCOc1c(Cl)cc(C(=O)N[C@H]2CCCC[C@@H]2S(=O)(=O)[O-])cc1Cl.O=C(C[C@H]1CCCC[C@@H]1S(=O)(=O)[O-])OCc1cc([N+](=O)[O-])cc([N+](=O)[O-])c1.O=C(N[C@H]1CCCC[C@@H]1C(=O)[O-])c1cc([N+](=O)[O-])cc([N+](=O)[O-])c1.O=C(N[C@H]1CCCC[C@@H]1S(=O)(=O)[O-])c1cc([N+](=O)[O-])cc([N+](=O)[O-])c1. The number of nitro groups is 6. The van der Waals surface area contributed by atoms with Gasteiger partial charge in [0.1, 0.15) is 26.4 Å². The second-order valence-electron chi connectivity index (χ2n) is 34.6. The smallest absolute Gasteiger partial charge is 0.306 e. The summed E-state index contributed by atoms with van der Waals surface area (Å²) in [6, 6.07) is 13.2. The van der Waals surface area contributed by atoms with E-state index in [0.717, 1.165) is 87.1 Å². The normalized spacial score (nSPS) is 20.4. The molecule has 0 spiro atoms. The minimum absolute atomic E-state index is 0.0564. The van der Waals surface area contributed by atoms with E-state index in [4.69, 9.17) is 88.6 Å². The monoisotopic (exact) mass is 2260 g/mol. The molecule has 0 aliphatic heterocycles. The third-order valence-electron chi connectivity index (χ3n) is 24.3. The summed E-state index contributed by atoms with van der Waals surface area (Å²) in [5.74, 6) is -9.47. The number of hydrogen-bond acceptors (Lipinski definition) is 37. The first-order valence-corrected chi connectivity index (χ1v) is 52.4. The van der Waals surface area contributed by atoms with Gasteiger partial charge in [-0.1, -0.05) is 185 Å². The van der Waals surface area contributed by atoms with Crippen molar-refractivity contribution < 1.29 is 146 Å². The van der Waals surface area contributed by atoms with Crippen LogP contribution in [-0.4, -0.2) is 188 Å². The molecule has 6 saturated carbocycles. The fraction of sp³-hybridized carbons (Fsp3) is 0.446. The number of carbonyl (C=O) groups is 9. The van der Waals surface area contributed by atoms with Gasteiger partial charge in [-0.15, -0.1) is 0 Å². The molecule has 5 N–H and O–H groups in total. The molecule has 0 aromatic heterocycles. The minimum atomic E-state index is -4.63. The number of amides is 5. The molecule has 57 heteroatoms. The lowest BCUT2D eigenvalue weighted by atomic mass is 9.84. The van der Waals surface area contributed by atoms with Crippen LogP contribution in [0.2, 0.25) is 30.1 Å². The highest BCUT2D eigenvalue weighted by Crippen LogP contribution is 2.41. The van der Waals surface area contributed by atoms with E-state index in [-0.39, 0.29) is 133 Å². The lowest BCUT2D eigenvalue weighted by molar-refractivity contribution is -0.394. The van der Waals surface area contributed by atoms with Gasteiger partial charge in [0.15, 0.2) is 17.2 Å². The number of non-ortho nitro benzene ring substituents is 6. The molecule has 12 rings (SSSR count). The highest BCUT2D eigenvalue weighted by atomic mass is 35.5. The predicted octanol–water partition coefficient (Wildman–Crippen LogP) is 12.0. The van der Waals surface area contributed by atoms with E-state index in [0.29, 0.717) is 96.0 Å². The van der Waals surface area contributed by atoms with Crippen molar-refractivity contribution in [1.29, 1.82) is 0 Å². The third kappa shape index (κ3) is 37.6. The van der Waals surface area contributed by atoms with E-state index in [1.54, 1.807) is 12.2 Å². The van der Waals surface area contributed by atoms with Crippen LogP contribution in [0.3, 0.4) is 0 Å². The summed E-state index contributed by atoms with van der Waals surface area (Å²) in [6.45, 7) is 10.8. The number of benzene rings is 6. The fourth-order valence-corrected chi connectivity index (χ4v) is 22.3. The molecule has 6 aliphatic carbocycles. The number of nitrogens with one attached hydrogen (secondary N) is 5. The lowest BCUT2D eigenvalue weighted by Gasteiger charge is -2.33.